The highest BCUT2D eigenvalue weighted by molar-refractivity contribution is 9.09. The molecule has 0 aromatic carbocycles. The molecule has 0 aliphatic carbocycles. The summed E-state index contributed by atoms with van der Waals surface area (Å²) in [5.74, 6) is 0.688. The van der Waals surface area contributed by atoms with E-state index in [0.717, 1.165) is 24.8 Å². The number of carbonyl (C=O) groups is 1. The number of carbonyl (C=O) groups excluding carboxylic acids is 1. The van der Waals surface area contributed by atoms with Crippen molar-refractivity contribution in [2.24, 2.45) is 5.92 Å². The molecule has 0 bridgehead atoms. The molecule has 2 aliphatic heterocycles. The lowest BCUT2D eigenvalue weighted by molar-refractivity contribution is -0.159. The Morgan fingerprint density at radius 1 is 1.44 bits per heavy atom. The van der Waals surface area contributed by atoms with Crippen LogP contribution in [0.25, 0.3) is 0 Å². The van der Waals surface area contributed by atoms with E-state index in [1.54, 1.807) is 0 Å². The first-order valence-electron chi connectivity index (χ1n) is 5.85. The van der Waals surface area contributed by atoms with Gasteiger partial charge in [0.2, 0.25) is 0 Å². The molecule has 0 aromatic rings. The molecule has 0 aromatic heterocycles. The molecular formula is C11H18BrNO3. The van der Waals surface area contributed by atoms with Crippen molar-refractivity contribution < 1.29 is 14.3 Å². The second-order valence-corrected chi connectivity index (χ2v) is 5.03. The predicted octanol–water partition coefficient (Wildman–Crippen LogP) is 1.04. The van der Waals surface area contributed by atoms with Crippen LogP contribution in [0.5, 0.6) is 0 Å². The highest BCUT2D eigenvalue weighted by Crippen LogP contribution is 2.19. The molecule has 2 fully saturated rings. The van der Waals surface area contributed by atoms with Crippen LogP contribution in [0, 0.1) is 5.92 Å². The third-order valence-electron chi connectivity index (χ3n) is 3.14. The molecule has 1 amide bonds. The quantitative estimate of drug-likeness (QED) is 0.714. The number of halogens is 1. The van der Waals surface area contributed by atoms with Crippen LogP contribution in [-0.4, -0.2) is 55.2 Å². The fourth-order valence-electron chi connectivity index (χ4n) is 2.23. The minimum absolute atomic E-state index is 0.102. The molecule has 2 rings (SSSR count). The Bertz CT molecular complexity index is 243. The number of rotatable bonds is 2. The Hall–Kier alpha value is -0.130. The second kappa shape index (κ2) is 5.98. The summed E-state index contributed by atoms with van der Waals surface area (Å²) in [5.41, 5.74) is 0. The summed E-state index contributed by atoms with van der Waals surface area (Å²) >= 11 is 3.49. The van der Waals surface area contributed by atoms with E-state index in [9.17, 15) is 4.79 Å². The molecule has 2 unspecified atom stereocenters. The highest BCUT2D eigenvalue weighted by atomic mass is 79.9. The summed E-state index contributed by atoms with van der Waals surface area (Å²) in [6, 6.07) is 0. The van der Waals surface area contributed by atoms with Crippen LogP contribution >= 0.6 is 15.9 Å². The lowest BCUT2D eigenvalue weighted by atomic mass is 10.00. The third kappa shape index (κ3) is 2.96. The van der Waals surface area contributed by atoms with Crippen molar-refractivity contribution in [3.8, 4) is 0 Å². The average Bonchev–Trinajstić information content (AvgIpc) is 2.39. The van der Waals surface area contributed by atoms with Gasteiger partial charge < -0.3 is 14.4 Å². The maximum Gasteiger partial charge on any atom is 0.254 e. The Labute approximate surface area is 104 Å². The van der Waals surface area contributed by atoms with Gasteiger partial charge in [-0.2, -0.15) is 0 Å². The van der Waals surface area contributed by atoms with E-state index >= 15 is 0 Å². The number of ether oxygens (including phenoxy) is 2. The largest absolute Gasteiger partial charge is 0.376 e. The number of hydrogen-bond donors (Lipinski definition) is 0. The highest BCUT2D eigenvalue weighted by Gasteiger charge is 2.30. The number of nitrogens with zero attached hydrogens (tertiary/aromatic N) is 1. The zero-order valence-electron chi connectivity index (χ0n) is 9.36. The molecule has 92 valence electrons. The van der Waals surface area contributed by atoms with E-state index in [2.05, 4.69) is 15.9 Å². The van der Waals surface area contributed by atoms with Gasteiger partial charge in [-0.15, -0.1) is 0 Å². The first kappa shape index (κ1) is 12.3. The summed E-state index contributed by atoms with van der Waals surface area (Å²) < 4.78 is 10.7. The van der Waals surface area contributed by atoms with Crippen LogP contribution in [-0.2, 0) is 14.3 Å². The third-order valence-corrected chi connectivity index (χ3v) is 4.06. The smallest absolute Gasteiger partial charge is 0.254 e. The number of likely N-dealkylation sites (tertiary alicyclic amines) is 1. The van der Waals surface area contributed by atoms with Crippen molar-refractivity contribution in [2.45, 2.75) is 18.9 Å². The van der Waals surface area contributed by atoms with Crippen molar-refractivity contribution in [3.05, 3.63) is 0 Å². The van der Waals surface area contributed by atoms with Crippen LogP contribution in [0.15, 0.2) is 0 Å². The molecule has 2 heterocycles. The maximum absolute atomic E-state index is 12.1. The van der Waals surface area contributed by atoms with Gasteiger partial charge in [0.15, 0.2) is 6.10 Å². The van der Waals surface area contributed by atoms with Gasteiger partial charge in [-0.1, -0.05) is 15.9 Å². The van der Waals surface area contributed by atoms with E-state index in [4.69, 9.17) is 9.47 Å². The van der Waals surface area contributed by atoms with Crippen LogP contribution in [0.4, 0.5) is 0 Å². The molecule has 5 heteroatoms. The molecule has 2 saturated heterocycles. The minimum atomic E-state index is -0.372. The fraction of sp³-hybridized carbons (Fsp3) is 0.909. The summed E-state index contributed by atoms with van der Waals surface area (Å²) in [6.45, 7) is 3.26. The van der Waals surface area contributed by atoms with Gasteiger partial charge in [-0.3, -0.25) is 4.79 Å². The zero-order chi connectivity index (χ0) is 11.4. The Morgan fingerprint density at radius 3 is 3.00 bits per heavy atom. The van der Waals surface area contributed by atoms with Crippen molar-refractivity contribution in [2.75, 3.05) is 38.2 Å². The average molecular weight is 292 g/mol. The normalized spacial score (nSPS) is 31.4. The van der Waals surface area contributed by atoms with E-state index in [1.807, 2.05) is 4.90 Å². The maximum atomic E-state index is 12.1. The summed E-state index contributed by atoms with van der Waals surface area (Å²) in [5, 5.41) is 0.971. The molecule has 16 heavy (non-hydrogen) atoms. The molecule has 2 aliphatic rings. The Morgan fingerprint density at radius 2 is 2.31 bits per heavy atom. The molecular weight excluding hydrogens is 274 g/mol. The lowest BCUT2D eigenvalue weighted by Gasteiger charge is -2.35. The van der Waals surface area contributed by atoms with Crippen molar-refractivity contribution in [1.29, 1.82) is 0 Å². The lowest BCUT2D eigenvalue weighted by Crippen LogP contribution is -2.49. The van der Waals surface area contributed by atoms with Crippen LogP contribution in [0.2, 0.25) is 0 Å². The number of hydrogen-bond acceptors (Lipinski definition) is 3. The van der Waals surface area contributed by atoms with Gasteiger partial charge in [-0.25, -0.2) is 0 Å². The van der Waals surface area contributed by atoms with Gasteiger partial charge >= 0.3 is 0 Å². The second-order valence-electron chi connectivity index (χ2n) is 4.38. The van der Waals surface area contributed by atoms with Crippen molar-refractivity contribution >= 4 is 21.8 Å². The Kier molecular flexibility index (Phi) is 4.61. The van der Waals surface area contributed by atoms with Crippen LogP contribution in [0.1, 0.15) is 12.8 Å². The molecule has 0 N–H and O–H groups in total. The molecule has 0 spiro atoms. The van der Waals surface area contributed by atoms with Gasteiger partial charge in [0.25, 0.3) is 5.91 Å². The standard InChI is InChI=1S/C11H18BrNO3/c12-6-9-2-1-3-13(7-9)11(14)10-8-15-4-5-16-10/h9-10H,1-8H2. The molecule has 0 radical (unpaired) electrons. The van der Waals surface area contributed by atoms with Crippen LogP contribution in [0.3, 0.4) is 0 Å². The summed E-state index contributed by atoms with van der Waals surface area (Å²) in [7, 11) is 0. The summed E-state index contributed by atoms with van der Waals surface area (Å²) in [6.07, 6.45) is 1.93. The van der Waals surface area contributed by atoms with E-state index in [-0.39, 0.29) is 12.0 Å². The van der Waals surface area contributed by atoms with Crippen molar-refractivity contribution in [3.63, 3.8) is 0 Å². The van der Waals surface area contributed by atoms with Gasteiger partial charge in [-0.05, 0) is 18.8 Å². The van der Waals surface area contributed by atoms with Crippen molar-refractivity contribution in [1.82, 2.24) is 4.90 Å². The number of amides is 1. The van der Waals surface area contributed by atoms with Gasteiger partial charge in [0, 0.05) is 18.4 Å². The Balaban J connectivity index is 1.87. The number of alkyl halides is 1. The fourth-order valence-corrected chi connectivity index (χ4v) is 2.75. The predicted molar refractivity (Wildman–Crippen MR) is 63.7 cm³/mol. The minimum Gasteiger partial charge on any atom is -0.376 e. The molecule has 4 nitrogen and oxygen atoms in total. The number of piperidine rings is 1. The molecule has 2 atom stereocenters. The summed E-state index contributed by atoms with van der Waals surface area (Å²) in [4.78, 5) is 14.0. The van der Waals surface area contributed by atoms with Crippen LogP contribution < -0.4 is 0 Å². The monoisotopic (exact) mass is 291 g/mol. The van der Waals surface area contributed by atoms with E-state index in [0.29, 0.717) is 25.7 Å². The van der Waals surface area contributed by atoms with Gasteiger partial charge in [0.05, 0.1) is 19.8 Å². The van der Waals surface area contributed by atoms with E-state index < -0.39 is 0 Å². The zero-order valence-corrected chi connectivity index (χ0v) is 10.9. The SMILES string of the molecule is O=C(C1COCCO1)N1CCCC(CBr)C1. The van der Waals surface area contributed by atoms with Gasteiger partial charge in [0.1, 0.15) is 0 Å². The first-order chi connectivity index (χ1) is 7.81. The molecule has 0 saturated carbocycles. The topological polar surface area (TPSA) is 38.8 Å². The van der Waals surface area contributed by atoms with E-state index in [1.165, 1.54) is 6.42 Å². The first-order valence-corrected chi connectivity index (χ1v) is 6.97.